The fraction of sp³-hybridized carbons (Fsp3) is 0.316. The second-order valence-corrected chi connectivity index (χ2v) is 7.27. The molecule has 0 saturated carbocycles. The lowest BCUT2D eigenvalue weighted by molar-refractivity contribution is 0.0942. The molecule has 1 fully saturated rings. The van der Waals surface area contributed by atoms with Crippen molar-refractivity contribution in [3.63, 3.8) is 0 Å². The zero-order chi connectivity index (χ0) is 17.6. The molecule has 0 spiro atoms. The fourth-order valence-electron chi connectivity index (χ4n) is 2.88. The Morgan fingerprint density at radius 1 is 1.24 bits per heavy atom. The number of hydrazine groups is 1. The zero-order valence-corrected chi connectivity index (χ0v) is 15.0. The Morgan fingerprint density at radius 3 is 2.76 bits per heavy atom. The van der Waals surface area contributed by atoms with Crippen molar-refractivity contribution in [2.75, 3.05) is 13.1 Å². The first-order chi connectivity index (χ1) is 12.1. The highest BCUT2D eigenvalue weighted by atomic mass is 32.2. The van der Waals surface area contributed by atoms with Crippen LogP contribution in [0.5, 0.6) is 0 Å². The highest BCUT2D eigenvalue weighted by molar-refractivity contribution is 7.98. The van der Waals surface area contributed by atoms with Gasteiger partial charge in [0.2, 0.25) is 0 Å². The lowest BCUT2D eigenvalue weighted by Gasteiger charge is -2.22. The number of aryl methyl sites for hydroxylation is 1. The van der Waals surface area contributed by atoms with E-state index in [1.807, 2.05) is 30.3 Å². The Morgan fingerprint density at radius 2 is 2.04 bits per heavy atom. The van der Waals surface area contributed by atoms with Gasteiger partial charge in [-0.2, -0.15) is 4.83 Å². The molecule has 3 rings (SSSR count). The first-order valence-electron chi connectivity index (χ1n) is 8.42. The van der Waals surface area contributed by atoms with Crippen LogP contribution in [0, 0.1) is 12.7 Å². The summed E-state index contributed by atoms with van der Waals surface area (Å²) in [6, 6.07) is 13.0. The van der Waals surface area contributed by atoms with Crippen molar-refractivity contribution in [2.45, 2.75) is 25.0 Å². The van der Waals surface area contributed by atoms with Crippen molar-refractivity contribution in [1.82, 2.24) is 15.6 Å². The van der Waals surface area contributed by atoms with E-state index in [9.17, 15) is 9.18 Å². The van der Waals surface area contributed by atoms with E-state index in [2.05, 4.69) is 15.6 Å². The van der Waals surface area contributed by atoms with Crippen molar-refractivity contribution in [1.29, 1.82) is 0 Å². The van der Waals surface area contributed by atoms with Crippen LogP contribution in [-0.2, 0) is 0 Å². The summed E-state index contributed by atoms with van der Waals surface area (Å²) in [7, 11) is 0. The van der Waals surface area contributed by atoms with Crippen LogP contribution in [0.3, 0.4) is 0 Å². The predicted molar refractivity (Wildman–Crippen MR) is 101 cm³/mol. The molecule has 1 aliphatic rings. The van der Waals surface area contributed by atoms with E-state index < -0.39 is 11.7 Å². The number of rotatable bonds is 5. The summed E-state index contributed by atoms with van der Waals surface area (Å²) in [5.41, 5.74) is 4.88. The molecule has 0 aliphatic carbocycles. The van der Waals surface area contributed by atoms with Gasteiger partial charge in [-0.15, -0.1) is 0 Å². The molecule has 0 radical (unpaired) electrons. The Kier molecular flexibility index (Phi) is 6.07. The minimum atomic E-state index is -0.483. The third-order valence-electron chi connectivity index (χ3n) is 4.25. The molecule has 132 valence electrons. The predicted octanol–water partition coefficient (Wildman–Crippen LogP) is 3.44. The molecule has 25 heavy (non-hydrogen) atoms. The Bertz CT molecular complexity index is 733. The number of amides is 1. The van der Waals surface area contributed by atoms with E-state index in [0.29, 0.717) is 10.8 Å². The third-order valence-corrected chi connectivity index (χ3v) is 5.20. The van der Waals surface area contributed by atoms with Crippen molar-refractivity contribution >= 4 is 17.9 Å². The smallest absolute Gasteiger partial charge is 0.269 e. The first kappa shape index (κ1) is 17.9. The molecule has 1 amide bonds. The summed E-state index contributed by atoms with van der Waals surface area (Å²) >= 11 is 1.46. The maximum absolute atomic E-state index is 14.4. The van der Waals surface area contributed by atoms with E-state index in [1.54, 1.807) is 19.1 Å². The summed E-state index contributed by atoms with van der Waals surface area (Å²) in [6.07, 6.45) is 2.22. The van der Waals surface area contributed by atoms with E-state index in [4.69, 9.17) is 0 Å². The number of piperidine rings is 1. The van der Waals surface area contributed by atoms with Gasteiger partial charge in [-0.05, 0) is 55.1 Å². The van der Waals surface area contributed by atoms with Crippen LogP contribution in [0.1, 0.15) is 28.8 Å². The first-order valence-corrected chi connectivity index (χ1v) is 9.30. The van der Waals surface area contributed by atoms with Crippen LogP contribution < -0.4 is 15.6 Å². The molecule has 1 aliphatic heterocycles. The van der Waals surface area contributed by atoms with Gasteiger partial charge in [0.1, 0.15) is 5.82 Å². The number of halogens is 1. The molecule has 1 atom stereocenters. The Hall–Kier alpha value is -1.89. The zero-order valence-electron chi connectivity index (χ0n) is 14.1. The second-order valence-electron chi connectivity index (χ2n) is 6.16. The lowest BCUT2D eigenvalue weighted by Crippen LogP contribution is -2.38. The molecule has 1 heterocycles. The molecule has 1 saturated heterocycles. The molecular formula is C19H22FN3OS. The standard InChI is InChI=1S/C19H22FN3OS/c1-13-10-15(14-6-3-2-4-7-14)11-17(18(13)20)19(24)22-23-25-16-8-5-9-21-12-16/h2-4,6-7,10-11,16,21,23H,5,8-9,12H2,1H3,(H,22,24). The summed E-state index contributed by atoms with van der Waals surface area (Å²) in [5, 5.41) is 3.71. The minimum absolute atomic E-state index is 0.0497. The molecule has 0 aromatic heterocycles. The molecule has 2 aromatic carbocycles. The highest BCUT2D eigenvalue weighted by Gasteiger charge is 2.17. The average molecular weight is 359 g/mol. The van der Waals surface area contributed by atoms with Gasteiger partial charge < -0.3 is 5.32 Å². The van der Waals surface area contributed by atoms with Crippen LogP contribution in [-0.4, -0.2) is 24.2 Å². The second kappa shape index (κ2) is 8.47. The van der Waals surface area contributed by atoms with E-state index in [1.165, 1.54) is 11.9 Å². The number of benzene rings is 2. The average Bonchev–Trinajstić information content (AvgIpc) is 2.65. The van der Waals surface area contributed by atoms with Crippen LogP contribution in [0.25, 0.3) is 11.1 Å². The number of nitrogens with one attached hydrogen (secondary N) is 3. The maximum atomic E-state index is 14.4. The fourth-order valence-corrected chi connectivity index (χ4v) is 3.68. The Balaban J connectivity index is 1.69. The summed E-state index contributed by atoms with van der Waals surface area (Å²) in [4.78, 5) is 15.3. The summed E-state index contributed by atoms with van der Waals surface area (Å²) in [6.45, 7) is 3.62. The monoisotopic (exact) mass is 359 g/mol. The van der Waals surface area contributed by atoms with Gasteiger partial charge >= 0.3 is 0 Å². The Labute approximate surface area is 151 Å². The van der Waals surface area contributed by atoms with Gasteiger partial charge in [-0.3, -0.25) is 10.2 Å². The van der Waals surface area contributed by atoms with Gasteiger partial charge in [-0.25, -0.2) is 4.39 Å². The lowest BCUT2D eigenvalue weighted by atomic mass is 9.99. The number of carbonyl (C=O) groups excluding carboxylic acids is 1. The van der Waals surface area contributed by atoms with E-state index in [-0.39, 0.29) is 5.56 Å². The number of carbonyl (C=O) groups is 1. The number of hydrogen-bond acceptors (Lipinski definition) is 4. The van der Waals surface area contributed by atoms with Gasteiger partial charge in [0.15, 0.2) is 0 Å². The van der Waals surface area contributed by atoms with Gasteiger partial charge in [0.05, 0.1) is 5.56 Å². The number of hydrogen-bond donors (Lipinski definition) is 3. The summed E-state index contributed by atoms with van der Waals surface area (Å²) < 4.78 is 14.4. The normalized spacial score (nSPS) is 17.3. The molecular weight excluding hydrogens is 337 g/mol. The van der Waals surface area contributed by atoms with Crippen LogP contribution in [0.15, 0.2) is 42.5 Å². The highest BCUT2D eigenvalue weighted by Crippen LogP contribution is 2.24. The van der Waals surface area contributed by atoms with Crippen LogP contribution in [0.4, 0.5) is 4.39 Å². The van der Waals surface area contributed by atoms with Crippen LogP contribution >= 0.6 is 11.9 Å². The molecule has 6 heteroatoms. The van der Waals surface area contributed by atoms with Gasteiger partial charge in [-0.1, -0.05) is 42.3 Å². The molecule has 4 nitrogen and oxygen atoms in total. The van der Waals surface area contributed by atoms with Gasteiger partial charge in [0.25, 0.3) is 5.91 Å². The topological polar surface area (TPSA) is 53.2 Å². The maximum Gasteiger partial charge on any atom is 0.269 e. The quantitative estimate of drug-likeness (QED) is 0.565. The van der Waals surface area contributed by atoms with Crippen LogP contribution in [0.2, 0.25) is 0 Å². The largest absolute Gasteiger partial charge is 0.316 e. The van der Waals surface area contributed by atoms with Crippen molar-refractivity contribution in [3.8, 4) is 11.1 Å². The molecule has 3 N–H and O–H groups in total. The van der Waals surface area contributed by atoms with Crippen molar-refractivity contribution in [2.24, 2.45) is 0 Å². The van der Waals surface area contributed by atoms with E-state index >= 15 is 0 Å². The molecule has 2 aromatic rings. The van der Waals surface area contributed by atoms with E-state index in [0.717, 1.165) is 37.1 Å². The molecule has 0 bridgehead atoms. The van der Waals surface area contributed by atoms with Crippen molar-refractivity contribution < 1.29 is 9.18 Å². The van der Waals surface area contributed by atoms with Crippen molar-refractivity contribution in [3.05, 3.63) is 59.4 Å². The summed E-state index contributed by atoms with van der Waals surface area (Å²) in [5.74, 6) is -0.946. The van der Waals surface area contributed by atoms with Gasteiger partial charge in [0, 0.05) is 11.8 Å². The third kappa shape index (κ3) is 4.60. The molecule has 1 unspecified atom stereocenters. The minimum Gasteiger partial charge on any atom is -0.316 e. The SMILES string of the molecule is Cc1cc(-c2ccccc2)cc(C(=O)NNSC2CCCNC2)c1F.